The molecule has 110 valence electrons. The molecule has 2 atom stereocenters. The molecular weight excluding hydrogens is 254 g/mol. The summed E-state index contributed by atoms with van der Waals surface area (Å²) in [6, 6.07) is 18.3. The molecule has 0 saturated carbocycles. The van der Waals surface area contributed by atoms with Crippen LogP contribution in [0.4, 0.5) is 0 Å². The van der Waals surface area contributed by atoms with Crippen LogP contribution in [0.5, 0.6) is 0 Å². The Hall–Kier alpha value is -1.60. The first-order chi connectivity index (χ1) is 10.3. The van der Waals surface area contributed by atoms with Crippen LogP contribution in [-0.4, -0.2) is 13.1 Å². The second-order valence-corrected chi connectivity index (χ2v) is 6.22. The lowest BCUT2D eigenvalue weighted by atomic mass is 9.77. The highest BCUT2D eigenvalue weighted by molar-refractivity contribution is 5.35. The summed E-state index contributed by atoms with van der Waals surface area (Å²) in [5.41, 5.74) is 6.00. The Morgan fingerprint density at radius 1 is 1.10 bits per heavy atom. The van der Waals surface area contributed by atoms with Gasteiger partial charge in [0.05, 0.1) is 0 Å². The molecule has 0 amide bonds. The maximum absolute atomic E-state index is 3.59. The second kappa shape index (κ2) is 6.44. The van der Waals surface area contributed by atoms with Crippen LogP contribution in [0.25, 0.3) is 0 Å². The van der Waals surface area contributed by atoms with Crippen molar-refractivity contribution in [1.29, 1.82) is 0 Å². The minimum absolute atomic E-state index is 0.521. The molecule has 1 nitrogen and oxygen atoms in total. The number of hydrogen-bond donors (Lipinski definition) is 1. The summed E-state index contributed by atoms with van der Waals surface area (Å²) in [6.07, 6.45) is 4.97. The lowest BCUT2D eigenvalue weighted by molar-refractivity contribution is 0.411. The van der Waals surface area contributed by atoms with Crippen molar-refractivity contribution in [3.63, 3.8) is 0 Å². The van der Waals surface area contributed by atoms with Gasteiger partial charge >= 0.3 is 0 Å². The molecule has 0 saturated heterocycles. The molecule has 0 aromatic heterocycles. The van der Waals surface area contributed by atoms with E-state index in [1.165, 1.54) is 30.4 Å². The Kier molecular flexibility index (Phi) is 4.40. The molecule has 3 rings (SSSR count). The van der Waals surface area contributed by atoms with Crippen molar-refractivity contribution in [2.45, 2.75) is 44.6 Å². The quantitative estimate of drug-likeness (QED) is 0.882. The SMILES string of the molecule is CNC(Cc1ccccc1C)C1CCCc2ccccc21. The van der Waals surface area contributed by atoms with Gasteiger partial charge in [-0.1, -0.05) is 48.5 Å². The molecule has 0 radical (unpaired) electrons. The van der Waals surface area contributed by atoms with Crippen molar-refractivity contribution in [2.24, 2.45) is 0 Å². The summed E-state index contributed by atoms with van der Waals surface area (Å²) in [5.74, 6) is 0.638. The Morgan fingerprint density at radius 3 is 2.67 bits per heavy atom. The lowest BCUT2D eigenvalue weighted by Crippen LogP contribution is -2.36. The van der Waals surface area contributed by atoms with Crippen LogP contribution in [0.1, 0.15) is 41.0 Å². The normalized spacial score (nSPS) is 19.0. The monoisotopic (exact) mass is 279 g/mol. The highest BCUT2D eigenvalue weighted by atomic mass is 14.9. The maximum Gasteiger partial charge on any atom is 0.0173 e. The van der Waals surface area contributed by atoms with Gasteiger partial charge in [0.1, 0.15) is 0 Å². The molecule has 0 heterocycles. The van der Waals surface area contributed by atoms with Crippen molar-refractivity contribution in [3.8, 4) is 0 Å². The highest BCUT2D eigenvalue weighted by Gasteiger charge is 2.27. The molecule has 0 bridgehead atoms. The number of rotatable bonds is 4. The van der Waals surface area contributed by atoms with Gasteiger partial charge in [-0.25, -0.2) is 0 Å². The van der Waals surface area contributed by atoms with Crippen molar-refractivity contribution in [3.05, 3.63) is 70.8 Å². The largest absolute Gasteiger partial charge is 0.316 e. The fourth-order valence-corrected chi connectivity index (χ4v) is 3.73. The van der Waals surface area contributed by atoms with Gasteiger partial charge in [-0.3, -0.25) is 0 Å². The van der Waals surface area contributed by atoms with Gasteiger partial charge in [0.2, 0.25) is 0 Å². The topological polar surface area (TPSA) is 12.0 Å². The third-order valence-corrected chi connectivity index (χ3v) is 4.97. The molecule has 0 spiro atoms. The van der Waals surface area contributed by atoms with E-state index in [0.717, 1.165) is 6.42 Å². The molecule has 1 N–H and O–H groups in total. The molecule has 2 aromatic rings. The van der Waals surface area contributed by atoms with E-state index in [1.807, 2.05) is 0 Å². The van der Waals surface area contributed by atoms with Gasteiger partial charge in [-0.15, -0.1) is 0 Å². The van der Waals surface area contributed by atoms with E-state index in [0.29, 0.717) is 12.0 Å². The van der Waals surface area contributed by atoms with Crippen LogP contribution in [0.2, 0.25) is 0 Å². The number of likely N-dealkylation sites (N-methyl/N-ethyl adjacent to an activating group) is 1. The highest BCUT2D eigenvalue weighted by Crippen LogP contribution is 2.35. The number of benzene rings is 2. The first-order valence-corrected chi connectivity index (χ1v) is 8.09. The van der Waals surface area contributed by atoms with Crippen LogP contribution in [0.15, 0.2) is 48.5 Å². The molecule has 1 aliphatic rings. The Labute approximate surface area is 128 Å². The predicted octanol–water partition coefficient (Wildman–Crippen LogP) is 4.25. The van der Waals surface area contributed by atoms with Crippen molar-refractivity contribution < 1.29 is 0 Å². The van der Waals surface area contributed by atoms with Crippen LogP contribution in [0, 0.1) is 6.92 Å². The molecular formula is C20H25N. The van der Waals surface area contributed by atoms with Gasteiger partial charge in [0.25, 0.3) is 0 Å². The van der Waals surface area contributed by atoms with E-state index < -0.39 is 0 Å². The van der Waals surface area contributed by atoms with Crippen LogP contribution >= 0.6 is 0 Å². The molecule has 1 aliphatic carbocycles. The van der Waals surface area contributed by atoms with E-state index in [2.05, 4.69) is 67.8 Å². The first kappa shape index (κ1) is 14.3. The standard InChI is InChI=1S/C20H25N/c1-15-8-3-4-10-17(15)14-20(21-2)19-13-7-11-16-9-5-6-12-18(16)19/h3-6,8-10,12,19-21H,7,11,13-14H2,1-2H3. The molecule has 0 aliphatic heterocycles. The third kappa shape index (κ3) is 3.03. The average molecular weight is 279 g/mol. The maximum atomic E-state index is 3.59. The Balaban J connectivity index is 1.86. The minimum Gasteiger partial charge on any atom is -0.316 e. The van der Waals surface area contributed by atoms with Gasteiger partial charge in [0, 0.05) is 6.04 Å². The summed E-state index contributed by atoms with van der Waals surface area (Å²) in [4.78, 5) is 0. The zero-order valence-corrected chi connectivity index (χ0v) is 13.1. The minimum atomic E-state index is 0.521. The average Bonchev–Trinajstić information content (AvgIpc) is 2.54. The third-order valence-electron chi connectivity index (χ3n) is 4.97. The van der Waals surface area contributed by atoms with Crippen molar-refractivity contribution >= 4 is 0 Å². The van der Waals surface area contributed by atoms with E-state index in [-0.39, 0.29) is 0 Å². The first-order valence-electron chi connectivity index (χ1n) is 8.09. The van der Waals surface area contributed by atoms with Gasteiger partial charge in [-0.2, -0.15) is 0 Å². The molecule has 2 aromatic carbocycles. The predicted molar refractivity (Wildman–Crippen MR) is 89.9 cm³/mol. The number of aryl methyl sites for hydroxylation is 2. The molecule has 2 unspecified atom stereocenters. The Bertz CT molecular complexity index is 602. The Morgan fingerprint density at radius 2 is 1.86 bits per heavy atom. The summed E-state index contributed by atoms with van der Waals surface area (Å²) in [7, 11) is 2.11. The van der Waals surface area contributed by atoms with Crippen molar-refractivity contribution in [1.82, 2.24) is 5.32 Å². The fraction of sp³-hybridized carbons (Fsp3) is 0.400. The molecule has 21 heavy (non-hydrogen) atoms. The number of nitrogens with one attached hydrogen (secondary N) is 1. The van der Waals surface area contributed by atoms with E-state index in [1.54, 1.807) is 11.1 Å². The van der Waals surface area contributed by atoms with E-state index in [9.17, 15) is 0 Å². The summed E-state index contributed by atoms with van der Waals surface area (Å²) < 4.78 is 0. The van der Waals surface area contributed by atoms with Crippen LogP contribution in [0.3, 0.4) is 0 Å². The smallest absolute Gasteiger partial charge is 0.0173 e. The van der Waals surface area contributed by atoms with E-state index in [4.69, 9.17) is 0 Å². The van der Waals surface area contributed by atoms with Gasteiger partial charge in [0.15, 0.2) is 0 Å². The second-order valence-electron chi connectivity index (χ2n) is 6.22. The molecule has 0 fully saturated rings. The summed E-state index contributed by atoms with van der Waals surface area (Å²) in [6.45, 7) is 2.22. The van der Waals surface area contributed by atoms with Gasteiger partial charge in [-0.05, 0) is 67.8 Å². The van der Waals surface area contributed by atoms with Crippen molar-refractivity contribution in [2.75, 3.05) is 7.05 Å². The lowest BCUT2D eigenvalue weighted by Gasteiger charge is -2.32. The zero-order valence-electron chi connectivity index (χ0n) is 13.1. The summed E-state index contributed by atoms with van der Waals surface area (Å²) in [5, 5.41) is 3.59. The fourth-order valence-electron chi connectivity index (χ4n) is 3.73. The van der Waals surface area contributed by atoms with Gasteiger partial charge < -0.3 is 5.32 Å². The van der Waals surface area contributed by atoms with Crippen LogP contribution < -0.4 is 5.32 Å². The zero-order chi connectivity index (χ0) is 14.7. The number of hydrogen-bond acceptors (Lipinski definition) is 1. The number of fused-ring (bicyclic) bond motifs is 1. The van der Waals surface area contributed by atoms with E-state index >= 15 is 0 Å². The molecule has 1 heteroatoms. The summed E-state index contributed by atoms with van der Waals surface area (Å²) >= 11 is 0. The van der Waals surface area contributed by atoms with Crippen LogP contribution in [-0.2, 0) is 12.8 Å².